The lowest BCUT2D eigenvalue weighted by Gasteiger charge is -2.10. The predicted molar refractivity (Wildman–Crippen MR) is 62.4 cm³/mol. The standard InChI is InChI=1S/C11H12BrFN2O/c12-8-1-2-10(13)7(3-8)5-14-9-4-11(16)15-6-9/h1-3,9,14H,4-6H2,(H,15,16). The van der Waals surface area contributed by atoms with Crippen molar-refractivity contribution in [1.82, 2.24) is 10.6 Å². The SMILES string of the molecule is O=C1CC(NCc2cc(Br)ccc2F)CN1. The number of hydrogen-bond acceptors (Lipinski definition) is 2. The average Bonchev–Trinajstić information content (AvgIpc) is 2.66. The maximum atomic E-state index is 13.4. The van der Waals surface area contributed by atoms with Crippen LogP contribution in [-0.2, 0) is 11.3 Å². The van der Waals surface area contributed by atoms with Gasteiger partial charge in [-0.2, -0.15) is 0 Å². The summed E-state index contributed by atoms with van der Waals surface area (Å²) in [6.45, 7) is 1.05. The molecule has 1 aromatic rings. The Morgan fingerprint density at radius 2 is 2.38 bits per heavy atom. The number of hydrogen-bond donors (Lipinski definition) is 2. The fourth-order valence-corrected chi connectivity index (χ4v) is 2.09. The molecule has 86 valence electrons. The molecule has 1 amide bonds. The van der Waals surface area contributed by atoms with Gasteiger partial charge in [-0.15, -0.1) is 0 Å². The van der Waals surface area contributed by atoms with E-state index in [1.807, 2.05) is 0 Å². The van der Waals surface area contributed by atoms with Crippen LogP contribution in [0.4, 0.5) is 4.39 Å². The van der Waals surface area contributed by atoms with Crippen LogP contribution in [-0.4, -0.2) is 18.5 Å². The number of halogens is 2. The summed E-state index contributed by atoms with van der Waals surface area (Å²) in [5, 5.41) is 5.88. The van der Waals surface area contributed by atoms with Gasteiger partial charge >= 0.3 is 0 Å². The highest BCUT2D eigenvalue weighted by atomic mass is 79.9. The summed E-state index contributed by atoms with van der Waals surface area (Å²) in [7, 11) is 0. The van der Waals surface area contributed by atoms with Gasteiger partial charge in [-0.05, 0) is 18.2 Å². The van der Waals surface area contributed by atoms with Crippen molar-refractivity contribution in [2.75, 3.05) is 6.54 Å². The lowest BCUT2D eigenvalue weighted by Crippen LogP contribution is -2.30. The maximum absolute atomic E-state index is 13.4. The summed E-state index contributed by atoms with van der Waals surface area (Å²) in [6.07, 6.45) is 0.468. The molecule has 16 heavy (non-hydrogen) atoms. The molecule has 2 N–H and O–H groups in total. The first-order valence-corrected chi connectivity index (χ1v) is 5.88. The molecule has 1 heterocycles. The Labute approximate surface area is 102 Å². The van der Waals surface area contributed by atoms with Crippen LogP contribution >= 0.6 is 15.9 Å². The molecule has 5 heteroatoms. The third-order valence-electron chi connectivity index (χ3n) is 2.57. The van der Waals surface area contributed by atoms with Gasteiger partial charge in [0.25, 0.3) is 0 Å². The number of rotatable bonds is 3. The van der Waals surface area contributed by atoms with Crippen LogP contribution in [0.2, 0.25) is 0 Å². The Balaban J connectivity index is 1.94. The highest BCUT2D eigenvalue weighted by Gasteiger charge is 2.20. The van der Waals surface area contributed by atoms with Crippen molar-refractivity contribution >= 4 is 21.8 Å². The van der Waals surface area contributed by atoms with Crippen LogP contribution in [0, 0.1) is 5.82 Å². The fraction of sp³-hybridized carbons (Fsp3) is 0.364. The molecule has 1 saturated heterocycles. The van der Waals surface area contributed by atoms with E-state index in [4.69, 9.17) is 0 Å². The molecule has 0 bridgehead atoms. The van der Waals surface area contributed by atoms with Gasteiger partial charge in [-0.1, -0.05) is 15.9 Å². The van der Waals surface area contributed by atoms with Crippen LogP contribution in [0.3, 0.4) is 0 Å². The fourth-order valence-electron chi connectivity index (χ4n) is 1.68. The second-order valence-corrected chi connectivity index (χ2v) is 4.74. The first-order valence-electron chi connectivity index (χ1n) is 5.09. The molecule has 2 rings (SSSR count). The molecule has 0 aromatic heterocycles. The smallest absolute Gasteiger partial charge is 0.221 e. The largest absolute Gasteiger partial charge is 0.354 e. The third-order valence-corrected chi connectivity index (χ3v) is 3.06. The van der Waals surface area contributed by atoms with E-state index in [9.17, 15) is 9.18 Å². The number of carbonyl (C=O) groups is 1. The molecule has 1 aromatic carbocycles. The topological polar surface area (TPSA) is 41.1 Å². The predicted octanol–water partition coefficient (Wildman–Crippen LogP) is 1.57. The Morgan fingerprint density at radius 3 is 3.06 bits per heavy atom. The number of amides is 1. The Hall–Kier alpha value is -0.940. The Bertz CT molecular complexity index is 411. The van der Waals surface area contributed by atoms with Gasteiger partial charge in [0.2, 0.25) is 5.91 Å². The molecule has 1 aliphatic rings. The van der Waals surface area contributed by atoms with Crippen LogP contribution < -0.4 is 10.6 Å². The van der Waals surface area contributed by atoms with E-state index in [0.29, 0.717) is 25.1 Å². The second kappa shape index (κ2) is 4.93. The number of carbonyl (C=O) groups excluding carboxylic acids is 1. The van der Waals surface area contributed by atoms with Crippen LogP contribution in [0.15, 0.2) is 22.7 Å². The Morgan fingerprint density at radius 1 is 1.56 bits per heavy atom. The first kappa shape index (κ1) is 11.5. The zero-order valence-electron chi connectivity index (χ0n) is 8.59. The maximum Gasteiger partial charge on any atom is 0.221 e. The van der Waals surface area contributed by atoms with Crippen LogP contribution in [0.25, 0.3) is 0 Å². The van der Waals surface area contributed by atoms with Crippen molar-refractivity contribution in [3.05, 3.63) is 34.1 Å². The first-order chi connectivity index (χ1) is 7.65. The summed E-state index contributed by atoms with van der Waals surface area (Å²) >= 11 is 3.30. The third kappa shape index (κ3) is 2.80. The normalized spacial score (nSPS) is 19.9. The van der Waals surface area contributed by atoms with E-state index in [0.717, 1.165) is 4.47 Å². The van der Waals surface area contributed by atoms with Gasteiger partial charge in [-0.25, -0.2) is 4.39 Å². The number of benzene rings is 1. The summed E-state index contributed by atoms with van der Waals surface area (Å²) in [4.78, 5) is 11.0. The average molecular weight is 287 g/mol. The van der Waals surface area contributed by atoms with Gasteiger partial charge in [0.05, 0.1) is 0 Å². The summed E-state index contributed by atoms with van der Waals surface area (Å²) in [5.74, 6) is -0.180. The Kier molecular flexibility index (Phi) is 3.56. The van der Waals surface area contributed by atoms with Crippen molar-refractivity contribution in [1.29, 1.82) is 0 Å². The minimum absolute atomic E-state index is 0.0483. The van der Waals surface area contributed by atoms with Crippen molar-refractivity contribution in [3.8, 4) is 0 Å². The molecule has 0 saturated carbocycles. The molecule has 1 atom stereocenters. The summed E-state index contributed by atoms with van der Waals surface area (Å²) in [6, 6.07) is 4.94. The zero-order valence-corrected chi connectivity index (χ0v) is 10.2. The molecule has 3 nitrogen and oxygen atoms in total. The molecule has 0 spiro atoms. The molecule has 0 aliphatic carbocycles. The molecular weight excluding hydrogens is 275 g/mol. The van der Waals surface area contributed by atoms with Crippen molar-refractivity contribution in [2.24, 2.45) is 0 Å². The minimum atomic E-state index is -0.229. The highest BCUT2D eigenvalue weighted by molar-refractivity contribution is 9.10. The van der Waals surface area contributed by atoms with E-state index in [1.165, 1.54) is 6.07 Å². The van der Waals surface area contributed by atoms with Crippen molar-refractivity contribution in [3.63, 3.8) is 0 Å². The van der Waals surface area contributed by atoms with Crippen LogP contribution in [0.1, 0.15) is 12.0 Å². The van der Waals surface area contributed by atoms with Gasteiger partial charge in [0.15, 0.2) is 0 Å². The number of nitrogens with one attached hydrogen (secondary N) is 2. The highest BCUT2D eigenvalue weighted by Crippen LogP contribution is 2.15. The molecular formula is C11H12BrFN2O. The molecule has 1 unspecified atom stereocenters. The van der Waals surface area contributed by atoms with Gasteiger partial charge in [0, 0.05) is 35.6 Å². The van der Waals surface area contributed by atoms with Gasteiger partial charge in [0.1, 0.15) is 5.82 Å². The van der Waals surface area contributed by atoms with Crippen molar-refractivity contribution in [2.45, 2.75) is 19.0 Å². The minimum Gasteiger partial charge on any atom is -0.354 e. The lowest BCUT2D eigenvalue weighted by molar-refractivity contribution is -0.119. The molecule has 0 radical (unpaired) electrons. The van der Waals surface area contributed by atoms with Crippen LogP contribution in [0.5, 0.6) is 0 Å². The van der Waals surface area contributed by atoms with E-state index >= 15 is 0 Å². The quantitative estimate of drug-likeness (QED) is 0.886. The second-order valence-electron chi connectivity index (χ2n) is 3.82. The monoisotopic (exact) mass is 286 g/mol. The van der Waals surface area contributed by atoms with E-state index in [-0.39, 0.29) is 17.8 Å². The van der Waals surface area contributed by atoms with Gasteiger partial charge < -0.3 is 10.6 Å². The van der Waals surface area contributed by atoms with Gasteiger partial charge in [-0.3, -0.25) is 4.79 Å². The van der Waals surface area contributed by atoms with E-state index in [1.54, 1.807) is 12.1 Å². The summed E-state index contributed by atoms with van der Waals surface area (Å²) < 4.78 is 14.2. The zero-order chi connectivity index (χ0) is 11.5. The lowest BCUT2D eigenvalue weighted by atomic mass is 10.2. The van der Waals surface area contributed by atoms with Crippen molar-refractivity contribution < 1.29 is 9.18 Å². The summed E-state index contributed by atoms with van der Waals surface area (Å²) in [5.41, 5.74) is 0.605. The molecule has 1 aliphatic heterocycles. The molecule has 1 fully saturated rings. The van der Waals surface area contributed by atoms with E-state index < -0.39 is 0 Å². The van der Waals surface area contributed by atoms with E-state index in [2.05, 4.69) is 26.6 Å².